The van der Waals surface area contributed by atoms with E-state index >= 15 is 0 Å². The summed E-state index contributed by atoms with van der Waals surface area (Å²) in [7, 11) is -4.79. The van der Waals surface area contributed by atoms with E-state index in [1.807, 2.05) is 0 Å². The van der Waals surface area contributed by atoms with Crippen LogP contribution in [-0.4, -0.2) is 30.2 Å². The van der Waals surface area contributed by atoms with Gasteiger partial charge in [0.05, 0.1) is 6.42 Å². The largest absolute Gasteiger partial charge is 1.00 e. The quantitative estimate of drug-likeness (QED) is 0.252. The van der Waals surface area contributed by atoms with Gasteiger partial charge in [-0.05, 0) is 0 Å². The molecule has 0 aromatic rings. The van der Waals surface area contributed by atoms with Gasteiger partial charge in [0, 0.05) is 0 Å². The van der Waals surface area contributed by atoms with Crippen molar-refractivity contribution in [1.82, 2.24) is 0 Å². The minimum Gasteiger partial charge on any atom is -1.00 e. The molecule has 0 amide bonds. The molecular weight excluding hydrogens is 243 g/mol. The third kappa shape index (κ3) is 6.04. The molecule has 0 aliphatic rings. The van der Waals surface area contributed by atoms with Crippen molar-refractivity contribution in [2.45, 2.75) is 11.7 Å². The van der Waals surface area contributed by atoms with E-state index in [1.165, 1.54) is 0 Å². The average Bonchev–Trinajstić information content (AvgIpc) is 2.10. The summed E-state index contributed by atoms with van der Waals surface area (Å²) < 4.78 is 29.6. The van der Waals surface area contributed by atoms with E-state index in [2.05, 4.69) is 21.5 Å². The smallest absolute Gasteiger partial charge is 1.00 e. The molecule has 0 saturated heterocycles. The van der Waals surface area contributed by atoms with E-state index in [0.717, 1.165) is 0 Å². The fourth-order valence-electron chi connectivity index (χ4n) is 0.586. The van der Waals surface area contributed by atoms with E-state index in [1.54, 1.807) is 0 Å². The Bertz CT molecular complexity index is 333. The van der Waals surface area contributed by atoms with Crippen molar-refractivity contribution >= 4 is 22.1 Å². The van der Waals surface area contributed by atoms with Crippen molar-refractivity contribution in [2.24, 2.45) is 11.8 Å². The van der Waals surface area contributed by atoms with Crippen LogP contribution in [0.1, 0.15) is 7.85 Å². The van der Waals surface area contributed by atoms with Gasteiger partial charge in [-0.1, -0.05) is 0 Å². The van der Waals surface area contributed by atoms with Gasteiger partial charge < -0.3 is 11.1 Å². The van der Waals surface area contributed by atoms with Gasteiger partial charge in [0.2, 0.25) is 0 Å². The van der Waals surface area contributed by atoms with Crippen LogP contribution in [0.15, 0.2) is 0 Å². The fraction of sp³-hybridized carbons (Fsp3) is 0.500. The molecule has 1 unspecified atom stereocenters. The first-order chi connectivity index (χ1) is 6.32. The van der Waals surface area contributed by atoms with Crippen molar-refractivity contribution < 1.29 is 63.2 Å². The minimum atomic E-state index is -4.79. The van der Waals surface area contributed by atoms with Crippen LogP contribution >= 0.6 is 0 Å². The molecule has 0 heterocycles. The van der Waals surface area contributed by atoms with Gasteiger partial charge >= 0.3 is 41.5 Å². The molecule has 0 spiro atoms. The maximum Gasteiger partial charge on any atom is 1.00 e. The molecule has 9 nitrogen and oxygen atoms in total. The molecule has 5 N–H and O–H groups in total. The molecule has 0 rings (SSSR count). The zero-order valence-corrected chi connectivity index (χ0v) is 10.6. The van der Waals surface area contributed by atoms with Crippen LogP contribution in [0.4, 0.5) is 0 Å². The predicted octanol–water partition coefficient (Wildman–Crippen LogP) is -5.42. The first kappa shape index (κ1) is 17.2. The second-order valence-corrected chi connectivity index (χ2v) is 3.73. The van der Waals surface area contributed by atoms with Crippen LogP contribution in [0.25, 0.3) is 0 Å². The van der Waals surface area contributed by atoms with E-state index in [4.69, 9.17) is 4.55 Å². The van der Waals surface area contributed by atoms with Crippen LogP contribution in [0.5, 0.6) is 0 Å². The van der Waals surface area contributed by atoms with Gasteiger partial charge in [-0.25, -0.2) is 4.79 Å². The van der Waals surface area contributed by atoms with Gasteiger partial charge in [0.25, 0.3) is 10.1 Å². The van der Waals surface area contributed by atoms with Crippen molar-refractivity contribution in [2.75, 3.05) is 0 Å². The summed E-state index contributed by atoms with van der Waals surface area (Å²) >= 11 is 0. The summed E-state index contributed by atoms with van der Waals surface area (Å²) in [5.74, 6) is 6.08. The third-order valence-electron chi connectivity index (χ3n) is 1.22. The predicted molar refractivity (Wildman–Crippen MR) is 41.6 cm³/mol. The van der Waals surface area contributed by atoms with Crippen LogP contribution in [0, 0.1) is 0 Å². The van der Waals surface area contributed by atoms with Crippen molar-refractivity contribution in [3.05, 3.63) is 0 Å². The Morgan fingerprint density at radius 1 is 1.33 bits per heavy atom. The molecule has 15 heavy (non-hydrogen) atoms. The maximum absolute atomic E-state index is 10.7. The molecule has 0 aromatic carbocycles. The fourth-order valence-corrected chi connectivity index (χ4v) is 1.23. The molecule has 84 valence electrons. The van der Waals surface area contributed by atoms with Crippen LogP contribution < -0.4 is 41.4 Å². The number of hydrogen-bond acceptors (Lipinski definition) is 8. The summed E-state index contributed by atoms with van der Waals surface area (Å²) in [5, 5.41) is -2.14. The Balaban J connectivity index is -0.000000845. The van der Waals surface area contributed by atoms with Gasteiger partial charge in [-0.3, -0.25) is 9.35 Å². The van der Waals surface area contributed by atoms with Crippen LogP contribution in [0.2, 0.25) is 0 Å². The molecule has 0 saturated carbocycles. The molecule has 0 bridgehead atoms. The summed E-state index contributed by atoms with van der Waals surface area (Å²) in [6, 6.07) is 0. The van der Waals surface area contributed by atoms with E-state index in [0.29, 0.717) is 0 Å². The Hall–Kier alpha value is -0.230. The molecule has 11 heteroatoms. The molecule has 0 radical (unpaired) electrons. The zero-order valence-electron chi connectivity index (χ0n) is 8.74. The number of rotatable bonds is 4. The van der Waals surface area contributed by atoms with Gasteiger partial charge in [-0.15, -0.1) is 0 Å². The summed E-state index contributed by atoms with van der Waals surface area (Å²) in [6.07, 6.45) is -0.981. The van der Waals surface area contributed by atoms with Crippen LogP contribution in [-0.2, 0) is 29.4 Å². The first-order valence-corrected chi connectivity index (χ1v) is 4.59. The average molecular weight is 252 g/mol. The summed E-state index contributed by atoms with van der Waals surface area (Å²) in [5.41, 5.74) is 0. The first-order valence-electron chi connectivity index (χ1n) is 3.09. The Labute approximate surface area is 108 Å². The van der Waals surface area contributed by atoms with Crippen molar-refractivity contribution in [3.63, 3.8) is 0 Å². The number of hydrogen-bond donors (Lipinski definition) is 3. The van der Waals surface area contributed by atoms with E-state index in [-0.39, 0.29) is 31.0 Å². The van der Waals surface area contributed by atoms with Gasteiger partial charge in [0.1, 0.15) is 0 Å². The topological polar surface area (TPSA) is 159 Å². The molecular formula is C4H9N2NaO7S. The molecule has 0 aromatic heterocycles. The van der Waals surface area contributed by atoms with Gasteiger partial charge in [0.15, 0.2) is 5.25 Å². The van der Waals surface area contributed by atoms with Crippen molar-refractivity contribution in [1.29, 1.82) is 0 Å². The van der Waals surface area contributed by atoms with E-state index < -0.39 is 33.7 Å². The Morgan fingerprint density at radius 3 is 2.07 bits per heavy atom. The number of carbonyl (C=O) groups excluding carboxylic acids is 2. The second kappa shape index (κ2) is 7.11. The Morgan fingerprint density at radius 2 is 1.80 bits per heavy atom. The monoisotopic (exact) mass is 252 g/mol. The molecule has 0 aliphatic carbocycles. The zero-order chi connectivity index (χ0) is 11.4. The second-order valence-electron chi connectivity index (χ2n) is 2.13. The van der Waals surface area contributed by atoms with Crippen LogP contribution in [0.3, 0.4) is 0 Å². The standard InChI is InChI=1S/C4H8N2O7S.Na.H/c5-12-3(7)1-2(4(8)13-6)14(9,10)11;;/h2H,1,5-6H2,(H,9,10,11);;/q;+1;-1. The SMILES string of the molecule is NOC(=O)CC(C(=O)ON)S(=O)(=O)O.[H-].[Na+]. The minimum absolute atomic E-state index is 0. The van der Waals surface area contributed by atoms with E-state index in [9.17, 15) is 18.0 Å². The Kier molecular flexibility index (Phi) is 8.14. The molecule has 1 atom stereocenters. The van der Waals surface area contributed by atoms with Gasteiger partial charge in [-0.2, -0.15) is 20.2 Å². The third-order valence-corrected chi connectivity index (χ3v) is 2.30. The molecule has 0 aliphatic heterocycles. The normalized spacial score (nSPS) is 12.2. The summed E-state index contributed by atoms with van der Waals surface area (Å²) in [4.78, 5) is 28.4. The summed E-state index contributed by atoms with van der Waals surface area (Å²) in [6.45, 7) is 0. The van der Waals surface area contributed by atoms with Crippen molar-refractivity contribution in [3.8, 4) is 0 Å². The number of nitrogens with two attached hydrogens (primary N) is 2. The maximum atomic E-state index is 10.7. The number of carbonyl (C=O) groups is 2. The molecule has 0 fully saturated rings.